The number of hydrogen-bond donors (Lipinski definition) is 0. The molecular formula is C60H43N3. The predicted octanol–water partition coefficient (Wildman–Crippen LogP) is 16.3. The topological polar surface area (TPSA) is 13.1 Å². The monoisotopic (exact) mass is 805 g/mol. The van der Waals surface area contributed by atoms with Gasteiger partial charge in [0, 0.05) is 55.9 Å². The Labute approximate surface area is 367 Å². The molecule has 1 atom stereocenters. The van der Waals surface area contributed by atoms with E-state index >= 15 is 0 Å². The molecule has 0 amide bonds. The van der Waals surface area contributed by atoms with Crippen molar-refractivity contribution in [3.63, 3.8) is 0 Å². The number of fused-ring (bicyclic) bond motifs is 6. The van der Waals surface area contributed by atoms with Gasteiger partial charge in [-0.1, -0.05) is 146 Å². The molecule has 1 aliphatic rings. The minimum absolute atomic E-state index is 0.419. The van der Waals surface area contributed by atoms with Gasteiger partial charge in [0.25, 0.3) is 0 Å². The highest BCUT2D eigenvalue weighted by atomic mass is 15.1. The largest absolute Gasteiger partial charge is 0.311 e. The molecule has 0 spiro atoms. The molecule has 63 heavy (non-hydrogen) atoms. The summed E-state index contributed by atoms with van der Waals surface area (Å²) >= 11 is 0. The molecule has 0 saturated heterocycles. The lowest BCUT2D eigenvalue weighted by Gasteiger charge is -2.26. The lowest BCUT2D eigenvalue weighted by Crippen LogP contribution is -2.10. The van der Waals surface area contributed by atoms with Crippen LogP contribution in [0.5, 0.6) is 0 Å². The molecule has 1 unspecified atom stereocenters. The minimum atomic E-state index is 0.419. The molecule has 3 heteroatoms. The Bertz CT molecular complexity index is 3520. The van der Waals surface area contributed by atoms with Crippen LogP contribution in [0.25, 0.3) is 77.2 Å². The lowest BCUT2D eigenvalue weighted by molar-refractivity contribution is 0.854. The number of allylic oxidation sites excluding steroid dienone is 4. The molecule has 0 fully saturated rings. The van der Waals surface area contributed by atoms with E-state index in [0.29, 0.717) is 5.92 Å². The highest BCUT2D eigenvalue weighted by Gasteiger charge is 2.18. The molecule has 12 rings (SSSR count). The maximum absolute atomic E-state index is 2.41. The third kappa shape index (κ3) is 6.45. The van der Waals surface area contributed by atoms with Crippen LogP contribution in [0.2, 0.25) is 0 Å². The van der Waals surface area contributed by atoms with E-state index in [1.807, 2.05) is 0 Å². The number of hydrogen-bond acceptors (Lipinski definition) is 1. The molecule has 3 nitrogen and oxygen atoms in total. The Morgan fingerprint density at radius 3 is 1.46 bits per heavy atom. The maximum Gasteiger partial charge on any atom is 0.0541 e. The van der Waals surface area contributed by atoms with E-state index in [1.165, 1.54) is 77.1 Å². The van der Waals surface area contributed by atoms with E-state index in [4.69, 9.17) is 0 Å². The van der Waals surface area contributed by atoms with Gasteiger partial charge in [-0.15, -0.1) is 0 Å². The first-order valence-corrected chi connectivity index (χ1v) is 21.9. The third-order valence-electron chi connectivity index (χ3n) is 12.8. The number of nitrogens with zero attached hydrogens (tertiary/aromatic N) is 3. The van der Waals surface area contributed by atoms with Crippen molar-refractivity contribution in [1.29, 1.82) is 0 Å². The lowest BCUT2D eigenvalue weighted by atomic mass is 9.90. The quantitative estimate of drug-likeness (QED) is 0.149. The van der Waals surface area contributed by atoms with Gasteiger partial charge in [-0.2, -0.15) is 0 Å². The van der Waals surface area contributed by atoms with Crippen molar-refractivity contribution < 1.29 is 0 Å². The Morgan fingerprint density at radius 1 is 0.349 bits per heavy atom. The number of benzene rings is 9. The standard InChI is InChI=1S/C60H43N3/c1-4-15-42(16-5-1)44-17-14-18-45(39-44)47-30-38-60-56(41-47)54-24-11-13-26-58(54)63(60)52-35-33-51(34-36-52)61(48-19-6-2-7-20-48)50-31-27-43(28-32-50)46-29-37-59-55(40-46)53-23-10-12-25-57(53)62(59)49-21-8-3-9-22-49/h1-15,17-42H,16H2. The molecule has 2 aromatic heterocycles. The van der Waals surface area contributed by atoms with E-state index in [2.05, 4.69) is 257 Å². The third-order valence-corrected chi connectivity index (χ3v) is 12.8. The summed E-state index contributed by atoms with van der Waals surface area (Å²) < 4.78 is 4.77. The highest BCUT2D eigenvalue weighted by Crippen LogP contribution is 2.40. The SMILES string of the molecule is C1=CCC(c2cccc(-c3ccc4c(c3)c3ccccc3n4-c3ccc(N(c4ccccc4)c4ccc(-c5ccc6c(c5)c5ccccc5n6-c5ccccc5)cc4)cc3)c2)C=C1. The molecule has 0 N–H and O–H groups in total. The fraction of sp³-hybridized carbons (Fsp3) is 0.0333. The number of anilines is 3. The van der Waals surface area contributed by atoms with Crippen molar-refractivity contribution in [1.82, 2.24) is 9.13 Å². The van der Waals surface area contributed by atoms with Gasteiger partial charge in [-0.3, -0.25) is 0 Å². The molecular weight excluding hydrogens is 763 g/mol. The molecule has 0 bridgehead atoms. The summed E-state index contributed by atoms with van der Waals surface area (Å²) in [5.74, 6) is 0.419. The summed E-state index contributed by atoms with van der Waals surface area (Å²) in [6.45, 7) is 0. The van der Waals surface area contributed by atoms with Crippen molar-refractivity contribution >= 4 is 60.7 Å². The van der Waals surface area contributed by atoms with E-state index in [0.717, 1.165) is 29.2 Å². The summed E-state index contributed by atoms with van der Waals surface area (Å²) in [4.78, 5) is 2.34. The average Bonchev–Trinajstić information content (AvgIpc) is 3.88. The van der Waals surface area contributed by atoms with Gasteiger partial charge in [0.2, 0.25) is 0 Å². The second kappa shape index (κ2) is 15.4. The van der Waals surface area contributed by atoms with Crippen LogP contribution in [0.1, 0.15) is 17.9 Å². The normalized spacial score (nSPS) is 13.7. The molecule has 1 aliphatic carbocycles. The van der Waals surface area contributed by atoms with Crippen LogP contribution in [0.3, 0.4) is 0 Å². The van der Waals surface area contributed by atoms with Gasteiger partial charge in [0.05, 0.1) is 22.1 Å². The van der Waals surface area contributed by atoms with Crippen molar-refractivity contribution in [2.24, 2.45) is 0 Å². The number of rotatable bonds is 8. The van der Waals surface area contributed by atoms with Crippen LogP contribution in [-0.2, 0) is 0 Å². The Morgan fingerprint density at radius 2 is 0.841 bits per heavy atom. The molecule has 0 saturated carbocycles. The molecule has 9 aromatic carbocycles. The average molecular weight is 806 g/mol. The molecule has 298 valence electrons. The van der Waals surface area contributed by atoms with Gasteiger partial charge < -0.3 is 14.0 Å². The Kier molecular flexibility index (Phi) is 8.97. The van der Waals surface area contributed by atoms with Gasteiger partial charge in [0.15, 0.2) is 0 Å². The second-order valence-corrected chi connectivity index (χ2v) is 16.5. The van der Waals surface area contributed by atoms with Gasteiger partial charge in [-0.05, 0) is 131 Å². The number of para-hydroxylation sites is 4. The number of aromatic nitrogens is 2. The van der Waals surface area contributed by atoms with E-state index in [9.17, 15) is 0 Å². The fourth-order valence-corrected chi connectivity index (χ4v) is 9.79. The smallest absolute Gasteiger partial charge is 0.0541 e. The molecule has 11 aromatic rings. The maximum atomic E-state index is 2.41. The van der Waals surface area contributed by atoms with Crippen LogP contribution in [0.15, 0.2) is 243 Å². The van der Waals surface area contributed by atoms with Crippen molar-refractivity contribution in [2.45, 2.75) is 12.3 Å². The predicted molar refractivity (Wildman–Crippen MR) is 266 cm³/mol. The molecule has 2 heterocycles. The van der Waals surface area contributed by atoms with E-state index in [1.54, 1.807) is 0 Å². The summed E-state index contributed by atoms with van der Waals surface area (Å²) in [7, 11) is 0. The van der Waals surface area contributed by atoms with Crippen LogP contribution in [0, 0.1) is 0 Å². The zero-order chi connectivity index (χ0) is 41.7. The van der Waals surface area contributed by atoms with Crippen LogP contribution < -0.4 is 4.90 Å². The van der Waals surface area contributed by atoms with Crippen LogP contribution in [-0.4, -0.2) is 9.13 Å². The first-order chi connectivity index (χ1) is 31.2. The van der Waals surface area contributed by atoms with E-state index in [-0.39, 0.29) is 0 Å². The van der Waals surface area contributed by atoms with Gasteiger partial charge >= 0.3 is 0 Å². The Hall–Kier alpha value is -8.14. The van der Waals surface area contributed by atoms with Crippen molar-refractivity contribution in [3.05, 3.63) is 248 Å². The van der Waals surface area contributed by atoms with Crippen molar-refractivity contribution in [3.8, 4) is 33.6 Å². The second-order valence-electron chi connectivity index (χ2n) is 16.5. The zero-order valence-electron chi connectivity index (χ0n) is 34.7. The minimum Gasteiger partial charge on any atom is -0.311 e. The van der Waals surface area contributed by atoms with E-state index < -0.39 is 0 Å². The van der Waals surface area contributed by atoms with Gasteiger partial charge in [-0.25, -0.2) is 0 Å². The first-order valence-electron chi connectivity index (χ1n) is 21.9. The highest BCUT2D eigenvalue weighted by molar-refractivity contribution is 6.11. The first kappa shape index (κ1) is 36.7. The summed E-state index contributed by atoms with van der Waals surface area (Å²) in [5, 5.41) is 5.01. The summed E-state index contributed by atoms with van der Waals surface area (Å²) in [6, 6.07) is 79.7. The van der Waals surface area contributed by atoms with Gasteiger partial charge in [0.1, 0.15) is 0 Å². The summed E-state index contributed by atoms with van der Waals surface area (Å²) in [6.07, 6.45) is 9.92. The molecule has 0 radical (unpaired) electrons. The van der Waals surface area contributed by atoms with Crippen molar-refractivity contribution in [2.75, 3.05) is 4.90 Å². The van der Waals surface area contributed by atoms with Crippen LogP contribution in [0.4, 0.5) is 17.1 Å². The zero-order valence-corrected chi connectivity index (χ0v) is 34.7. The Balaban J connectivity index is 0.891. The summed E-state index contributed by atoms with van der Waals surface area (Å²) in [5.41, 5.74) is 16.6. The van der Waals surface area contributed by atoms with Crippen LogP contribution >= 0.6 is 0 Å². The fourth-order valence-electron chi connectivity index (χ4n) is 9.79. The molecule has 0 aliphatic heterocycles.